The van der Waals surface area contributed by atoms with Crippen LogP contribution in [0.3, 0.4) is 0 Å². The van der Waals surface area contributed by atoms with Crippen LogP contribution in [0.15, 0.2) is 42.7 Å². The van der Waals surface area contributed by atoms with E-state index < -0.39 is 6.09 Å². The number of carbonyl (C=O) groups excluding carboxylic acids is 1. The highest BCUT2D eigenvalue weighted by atomic mass is 16.5. The van der Waals surface area contributed by atoms with Gasteiger partial charge in [-0.3, -0.25) is 10.3 Å². The molecule has 0 aliphatic rings. The quantitative estimate of drug-likeness (QED) is 0.928. The van der Waals surface area contributed by atoms with Crippen molar-refractivity contribution < 1.29 is 14.3 Å². The van der Waals surface area contributed by atoms with E-state index in [1.807, 2.05) is 25.1 Å². The lowest BCUT2D eigenvalue weighted by atomic mass is 10.2. The van der Waals surface area contributed by atoms with Gasteiger partial charge in [0.25, 0.3) is 0 Å². The van der Waals surface area contributed by atoms with E-state index in [1.54, 1.807) is 24.5 Å². The van der Waals surface area contributed by atoms with Crippen molar-refractivity contribution in [1.29, 1.82) is 0 Å². The summed E-state index contributed by atoms with van der Waals surface area (Å²) in [6, 6.07) is 9.27. The number of methoxy groups -OCH3 is 1. The minimum absolute atomic E-state index is 0.455. The molecule has 0 saturated carbocycles. The minimum Gasteiger partial charge on any atom is -0.489 e. The number of nitrogens with zero attached hydrogens (tertiary/aromatic N) is 1. The number of benzene rings is 1. The molecule has 0 bridgehead atoms. The maximum Gasteiger partial charge on any atom is 0.411 e. The monoisotopic (exact) mass is 272 g/mol. The van der Waals surface area contributed by atoms with Gasteiger partial charge in [0, 0.05) is 23.6 Å². The first-order valence-electron chi connectivity index (χ1n) is 6.16. The molecule has 1 amide bonds. The highest BCUT2D eigenvalue weighted by molar-refractivity contribution is 5.85. The molecule has 0 aliphatic heterocycles. The molecular formula is C15H16N2O3. The Hall–Kier alpha value is -2.56. The lowest BCUT2D eigenvalue weighted by Gasteiger charge is -2.10. The van der Waals surface area contributed by atoms with Gasteiger partial charge in [0.15, 0.2) is 0 Å². The van der Waals surface area contributed by atoms with Crippen LogP contribution in [0.1, 0.15) is 11.1 Å². The molecule has 1 heterocycles. The first-order chi connectivity index (χ1) is 9.69. The molecule has 1 aromatic heterocycles. The topological polar surface area (TPSA) is 60.5 Å². The Morgan fingerprint density at radius 2 is 2.20 bits per heavy atom. The highest BCUT2D eigenvalue weighted by Crippen LogP contribution is 2.22. The molecule has 0 unspecified atom stereocenters. The summed E-state index contributed by atoms with van der Waals surface area (Å²) in [5.74, 6) is 0.738. The van der Waals surface area contributed by atoms with Gasteiger partial charge in [-0.15, -0.1) is 0 Å². The molecule has 2 rings (SSSR count). The van der Waals surface area contributed by atoms with E-state index in [1.165, 1.54) is 7.11 Å². The van der Waals surface area contributed by atoms with Gasteiger partial charge in [0.2, 0.25) is 0 Å². The second-order valence-corrected chi connectivity index (χ2v) is 4.24. The van der Waals surface area contributed by atoms with Crippen LogP contribution in [0.4, 0.5) is 10.5 Å². The maximum atomic E-state index is 11.2. The summed E-state index contributed by atoms with van der Waals surface area (Å²) in [6.07, 6.45) is 3.00. The number of ether oxygens (including phenoxy) is 2. The van der Waals surface area contributed by atoms with Gasteiger partial charge < -0.3 is 9.47 Å². The predicted molar refractivity (Wildman–Crippen MR) is 75.8 cm³/mol. The normalized spacial score (nSPS) is 9.90. The number of hydrogen-bond acceptors (Lipinski definition) is 4. The number of anilines is 1. The van der Waals surface area contributed by atoms with Crippen molar-refractivity contribution in [3.63, 3.8) is 0 Å². The summed E-state index contributed by atoms with van der Waals surface area (Å²) in [7, 11) is 1.33. The van der Waals surface area contributed by atoms with Crippen molar-refractivity contribution in [3.05, 3.63) is 53.9 Å². The zero-order chi connectivity index (χ0) is 14.4. The first kappa shape index (κ1) is 13.9. The van der Waals surface area contributed by atoms with Crippen molar-refractivity contribution in [2.24, 2.45) is 0 Å². The van der Waals surface area contributed by atoms with Crippen LogP contribution < -0.4 is 10.1 Å². The van der Waals surface area contributed by atoms with Gasteiger partial charge in [-0.2, -0.15) is 0 Å². The van der Waals surface area contributed by atoms with E-state index in [0.717, 1.165) is 16.9 Å². The van der Waals surface area contributed by atoms with Crippen LogP contribution in [-0.2, 0) is 11.3 Å². The van der Waals surface area contributed by atoms with Crippen molar-refractivity contribution in [2.75, 3.05) is 12.4 Å². The molecule has 5 heteroatoms. The number of pyridine rings is 1. The third-order valence-corrected chi connectivity index (χ3v) is 2.75. The van der Waals surface area contributed by atoms with Gasteiger partial charge in [-0.05, 0) is 36.8 Å². The lowest BCUT2D eigenvalue weighted by Crippen LogP contribution is -2.11. The van der Waals surface area contributed by atoms with E-state index >= 15 is 0 Å². The van der Waals surface area contributed by atoms with Crippen LogP contribution >= 0.6 is 0 Å². The number of aromatic nitrogens is 1. The number of rotatable bonds is 4. The summed E-state index contributed by atoms with van der Waals surface area (Å²) in [5.41, 5.74) is 2.60. The average Bonchev–Trinajstić information content (AvgIpc) is 2.48. The molecule has 20 heavy (non-hydrogen) atoms. The minimum atomic E-state index is -0.489. The fraction of sp³-hybridized carbons (Fsp3) is 0.200. The summed E-state index contributed by atoms with van der Waals surface area (Å²) in [6.45, 7) is 2.35. The van der Waals surface area contributed by atoms with E-state index in [2.05, 4.69) is 15.0 Å². The molecule has 0 atom stereocenters. The SMILES string of the molecule is COC(=O)Nc1ccc(OCc2cccnc2)cc1C. The van der Waals surface area contributed by atoms with E-state index in [9.17, 15) is 4.79 Å². The smallest absolute Gasteiger partial charge is 0.411 e. The van der Waals surface area contributed by atoms with E-state index in [0.29, 0.717) is 12.3 Å². The van der Waals surface area contributed by atoms with Gasteiger partial charge in [-0.1, -0.05) is 6.07 Å². The molecule has 2 aromatic rings. The van der Waals surface area contributed by atoms with Gasteiger partial charge in [0.05, 0.1) is 7.11 Å². The zero-order valence-corrected chi connectivity index (χ0v) is 11.4. The van der Waals surface area contributed by atoms with Gasteiger partial charge in [-0.25, -0.2) is 4.79 Å². The van der Waals surface area contributed by atoms with Crippen LogP contribution in [0.2, 0.25) is 0 Å². The number of carbonyl (C=O) groups is 1. The first-order valence-corrected chi connectivity index (χ1v) is 6.16. The Bertz CT molecular complexity index is 585. The molecular weight excluding hydrogens is 256 g/mol. The Morgan fingerprint density at radius 1 is 1.35 bits per heavy atom. The van der Waals surface area contributed by atoms with Crippen molar-refractivity contribution >= 4 is 11.8 Å². The molecule has 1 N–H and O–H groups in total. The number of nitrogens with one attached hydrogen (secondary N) is 1. The predicted octanol–water partition coefficient (Wildman–Crippen LogP) is 3.15. The number of amides is 1. The van der Waals surface area contributed by atoms with Crippen LogP contribution in [0.5, 0.6) is 5.75 Å². The lowest BCUT2D eigenvalue weighted by molar-refractivity contribution is 0.187. The summed E-state index contributed by atoms with van der Waals surface area (Å²) < 4.78 is 10.2. The number of aryl methyl sites for hydroxylation is 1. The Labute approximate surface area is 117 Å². The standard InChI is InChI=1S/C15H16N2O3/c1-11-8-13(5-6-14(11)17-15(18)19-2)20-10-12-4-3-7-16-9-12/h3-9H,10H2,1-2H3,(H,17,18). The average molecular weight is 272 g/mol. The summed E-state index contributed by atoms with van der Waals surface area (Å²) in [4.78, 5) is 15.2. The van der Waals surface area contributed by atoms with Gasteiger partial charge in [0.1, 0.15) is 12.4 Å². The second-order valence-electron chi connectivity index (χ2n) is 4.24. The highest BCUT2D eigenvalue weighted by Gasteiger charge is 2.05. The van der Waals surface area contributed by atoms with Crippen molar-refractivity contribution in [2.45, 2.75) is 13.5 Å². The third kappa shape index (κ3) is 3.71. The van der Waals surface area contributed by atoms with Gasteiger partial charge >= 0.3 is 6.09 Å². The van der Waals surface area contributed by atoms with Crippen molar-refractivity contribution in [3.8, 4) is 5.75 Å². The Balaban J connectivity index is 2.00. The fourth-order valence-corrected chi connectivity index (χ4v) is 1.68. The fourth-order valence-electron chi connectivity index (χ4n) is 1.68. The van der Waals surface area contributed by atoms with Crippen LogP contribution in [-0.4, -0.2) is 18.2 Å². The van der Waals surface area contributed by atoms with E-state index in [-0.39, 0.29) is 0 Å². The molecule has 0 spiro atoms. The second kappa shape index (κ2) is 6.56. The molecule has 0 aliphatic carbocycles. The van der Waals surface area contributed by atoms with Crippen LogP contribution in [0.25, 0.3) is 0 Å². The molecule has 0 saturated heterocycles. The Kier molecular flexibility index (Phi) is 4.55. The molecule has 0 radical (unpaired) electrons. The third-order valence-electron chi connectivity index (χ3n) is 2.75. The van der Waals surface area contributed by atoms with E-state index in [4.69, 9.17) is 4.74 Å². The summed E-state index contributed by atoms with van der Waals surface area (Å²) >= 11 is 0. The molecule has 5 nitrogen and oxygen atoms in total. The van der Waals surface area contributed by atoms with Crippen LogP contribution in [0, 0.1) is 6.92 Å². The largest absolute Gasteiger partial charge is 0.489 e. The number of hydrogen-bond donors (Lipinski definition) is 1. The maximum absolute atomic E-state index is 11.2. The molecule has 1 aromatic carbocycles. The molecule has 104 valence electrons. The zero-order valence-electron chi connectivity index (χ0n) is 11.4. The van der Waals surface area contributed by atoms with Crippen molar-refractivity contribution in [1.82, 2.24) is 4.98 Å². The summed E-state index contributed by atoms with van der Waals surface area (Å²) in [5, 5.41) is 2.63. The molecule has 0 fully saturated rings. The Morgan fingerprint density at radius 3 is 2.85 bits per heavy atom.